The lowest BCUT2D eigenvalue weighted by Crippen LogP contribution is -2.40. The molecule has 1 aromatic heterocycles. The Balaban J connectivity index is 1.65. The lowest BCUT2D eigenvalue weighted by atomic mass is 9.97. The van der Waals surface area contributed by atoms with Crippen LogP contribution < -0.4 is 0 Å². The van der Waals surface area contributed by atoms with Gasteiger partial charge in [-0.3, -0.25) is 9.59 Å². The number of fused-ring (bicyclic) bond motifs is 1. The first-order valence-corrected chi connectivity index (χ1v) is 8.32. The second kappa shape index (κ2) is 6.44. The summed E-state index contributed by atoms with van der Waals surface area (Å²) in [5.74, 6) is -0.266. The Kier molecular flexibility index (Phi) is 4.38. The molecule has 0 unspecified atom stereocenters. The molecular formula is C16H18N2O3S. The van der Waals surface area contributed by atoms with Crippen LogP contribution in [-0.4, -0.2) is 41.5 Å². The van der Waals surface area contributed by atoms with Crippen molar-refractivity contribution in [2.75, 3.05) is 19.7 Å². The number of thiazole rings is 1. The maximum atomic E-state index is 12.5. The fourth-order valence-corrected chi connectivity index (χ4v) is 3.61. The van der Waals surface area contributed by atoms with Crippen molar-refractivity contribution in [2.24, 2.45) is 5.92 Å². The van der Waals surface area contributed by atoms with Crippen LogP contribution in [0.5, 0.6) is 0 Å². The number of ether oxygens (including phenoxy) is 1. The Labute approximate surface area is 132 Å². The van der Waals surface area contributed by atoms with Gasteiger partial charge in [-0.05, 0) is 31.9 Å². The van der Waals surface area contributed by atoms with Crippen LogP contribution in [-0.2, 0) is 9.53 Å². The zero-order valence-electron chi connectivity index (χ0n) is 12.4. The van der Waals surface area contributed by atoms with Gasteiger partial charge in [-0.15, -0.1) is 11.3 Å². The molecule has 0 radical (unpaired) electrons. The summed E-state index contributed by atoms with van der Waals surface area (Å²) >= 11 is 1.42. The summed E-state index contributed by atoms with van der Waals surface area (Å²) in [5.41, 5.74) is 0.859. The molecule has 1 aromatic carbocycles. The van der Waals surface area contributed by atoms with E-state index in [0.717, 1.165) is 10.2 Å². The second-order valence-electron chi connectivity index (χ2n) is 5.31. The van der Waals surface area contributed by atoms with Gasteiger partial charge in [0.05, 0.1) is 22.7 Å². The summed E-state index contributed by atoms with van der Waals surface area (Å²) in [5, 5.41) is 0.524. The number of rotatable bonds is 3. The van der Waals surface area contributed by atoms with E-state index in [1.807, 2.05) is 31.2 Å². The summed E-state index contributed by atoms with van der Waals surface area (Å²) in [4.78, 5) is 30.4. The van der Waals surface area contributed by atoms with Crippen LogP contribution in [0, 0.1) is 5.92 Å². The molecular weight excluding hydrogens is 300 g/mol. The van der Waals surface area contributed by atoms with E-state index in [0.29, 0.717) is 37.5 Å². The van der Waals surface area contributed by atoms with Crippen molar-refractivity contribution < 1.29 is 14.3 Å². The number of benzene rings is 1. The largest absolute Gasteiger partial charge is 0.466 e. The van der Waals surface area contributed by atoms with Crippen LogP contribution in [0.3, 0.4) is 0 Å². The molecule has 5 nitrogen and oxygen atoms in total. The molecule has 1 aliphatic heterocycles. The van der Waals surface area contributed by atoms with Gasteiger partial charge in [-0.25, -0.2) is 4.98 Å². The van der Waals surface area contributed by atoms with Gasteiger partial charge < -0.3 is 9.64 Å². The van der Waals surface area contributed by atoms with Crippen molar-refractivity contribution in [1.29, 1.82) is 0 Å². The Morgan fingerprint density at radius 1 is 1.32 bits per heavy atom. The van der Waals surface area contributed by atoms with Gasteiger partial charge in [0, 0.05) is 13.1 Å². The summed E-state index contributed by atoms with van der Waals surface area (Å²) in [6.45, 7) is 3.38. The minimum absolute atomic E-state index is 0.0384. The van der Waals surface area contributed by atoms with Crippen molar-refractivity contribution >= 4 is 33.4 Å². The van der Waals surface area contributed by atoms with Crippen LogP contribution in [0.1, 0.15) is 29.6 Å². The Morgan fingerprint density at radius 3 is 2.73 bits per heavy atom. The molecule has 1 aliphatic rings. The molecule has 0 bridgehead atoms. The first-order valence-electron chi connectivity index (χ1n) is 7.50. The van der Waals surface area contributed by atoms with E-state index in [-0.39, 0.29) is 17.8 Å². The quantitative estimate of drug-likeness (QED) is 0.817. The molecule has 22 heavy (non-hydrogen) atoms. The highest BCUT2D eigenvalue weighted by Gasteiger charge is 2.29. The minimum Gasteiger partial charge on any atom is -0.466 e. The highest BCUT2D eigenvalue weighted by molar-refractivity contribution is 7.20. The van der Waals surface area contributed by atoms with Gasteiger partial charge in [0.15, 0.2) is 5.01 Å². The Bertz CT molecular complexity index is 657. The monoisotopic (exact) mass is 318 g/mol. The molecule has 0 spiro atoms. The maximum absolute atomic E-state index is 12.5. The van der Waals surface area contributed by atoms with Crippen LogP contribution in [0.25, 0.3) is 10.2 Å². The van der Waals surface area contributed by atoms with E-state index in [9.17, 15) is 9.59 Å². The minimum atomic E-state index is -0.144. The summed E-state index contributed by atoms with van der Waals surface area (Å²) in [6, 6.07) is 7.74. The summed E-state index contributed by atoms with van der Waals surface area (Å²) in [6.07, 6.45) is 1.32. The smallest absolute Gasteiger partial charge is 0.309 e. The average Bonchev–Trinajstić information content (AvgIpc) is 2.98. The lowest BCUT2D eigenvalue weighted by molar-refractivity contribution is -0.149. The molecule has 0 N–H and O–H groups in total. The van der Waals surface area contributed by atoms with Gasteiger partial charge in [0.2, 0.25) is 0 Å². The number of carbonyl (C=O) groups excluding carboxylic acids is 2. The number of hydrogen-bond donors (Lipinski definition) is 0. The Hall–Kier alpha value is -1.95. The zero-order chi connectivity index (χ0) is 15.5. The third-order valence-electron chi connectivity index (χ3n) is 3.88. The number of piperidine rings is 1. The van der Waals surface area contributed by atoms with Gasteiger partial charge in [-0.1, -0.05) is 12.1 Å². The van der Waals surface area contributed by atoms with E-state index in [2.05, 4.69) is 4.98 Å². The number of amides is 1. The molecule has 6 heteroatoms. The molecule has 0 saturated carbocycles. The van der Waals surface area contributed by atoms with Crippen molar-refractivity contribution in [3.05, 3.63) is 29.3 Å². The molecule has 3 rings (SSSR count). The topological polar surface area (TPSA) is 59.5 Å². The number of hydrogen-bond acceptors (Lipinski definition) is 5. The number of para-hydroxylation sites is 1. The number of esters is 1. The summed E-state index contributed by atoms with van der Waals surface area (Å²) < 4.78 is 6.07. The fourth-order valence-electron chi connectivity index (χ4n) is 2.68. The van der Waals surface area contributed by atoms with Crippen molar-refractivity contribution in [3.63, 3.8) is 0 Å². The second-order valence-corrected chi connectivity index (χ2v) is 6.34. The van der Waals surface area contributed by atoms with Gasteiger partial charge in [-0.2, -0.15) is 0 Å². The van der Waals surface area contributed by atoms with Gasteiger partial charge in [0.1, 0.15) is 0 Å². The number of nitrogens with zero attached hydrogens (tertiary/aromatic N) is 2. The first-order chi connectivity index (χ1) is 10.7. The van der Waals surface area contributed by atoms with E-state index >= 15 is 0 Å². The van der Waals surface area contributed by atoms with Crippen molar-refractivity contribution in [1.82, 2.24) is 9.88 Å². The standard InChI is InChI=1S/C16H18N2O3S/c1-2-21-16(20)11-7-9-18(10-8-11)15(19)14-17-12-5-3-4-6-13(12)22-14/h3-6,11H,2,7-10H2,1H3. The van der Waals surface area contributed by atoms with E-state index < -0.39 is 0 Å². The van der Waals surface area contributed by atoms with Crippen LogP contribution >= 0.6 is 11.3 Å². The molecule has 2 heterocycles. The summed E-state index contributed by atoms with van der Waals surface area (Å²) in [7, 11) is 0. The van der Waals surface area contributed by atoms with Gasteiger partial charge in [0.25, 0.3) is 5.91 Å². The SMILES string of the molecule is CCOC(=O)C1CCN(C(=O)c2nc3ccccc3s2)CC1. The van der Waals surface area contributed by atoms with E-state index in [1.165, 1.54) is 11.3 Å². The zero-order valence-corrected chi connectivity index (χ0v) is 13.3. The van der Waals surface area contributed by atoms with Crippen molar-refractivity contribution in [2.45, 2.75) is 19.8 Å². The van der Waals surface area contributed by atoms with Gasteiger partial charge >= 0.3 is 5.97 Å². The molecule has 0 atom stereocenters. The average molecular weight is 318 g/mol. The van der Waals surface area contributed by atoms with Crippen LogP contribution in [0.15, 0.2) is 24.3 Å². The Morgan fingerprint density at radius 2 is 2.05 bits per heavy atom. The van der Waals surface area contributed by atoms with E-state index in [1.54, 1.807) is 4.90 Å². The lowest BCUT2D eigenvalue weighted by Gasteiger charge is -2.30. The molecule has 0 aliphatic carbocycles. The third-order valence-corrected chi connectivity index (χ3v) is 4.90. The number of likely N-dealkylation sites (tertiary alicyclic amines) is 1. The van der Waals surface area contributed by atoms with Crippen LogP contribution in [0.4, 0.5) is 0 Å². The highest BCUT2D eigenvalue weighted by atomic mass is 32.1. The first kappa shape index (κ1) is 15.0. The van der Waals surface area contributed by atoms with Crippen LogP contribution in [0.2, 0.25) is 0 Å². The van der Waals surface area contributed by atoms with Crippen molar-refractivity contribution in [3.8, 4) is 0 Å². The molecule has 116 valence electrons. The molecule has 2 aromatic rings. The number of aromatic nitrogens is 1. The highest BCUT2D eigenvalue weighted by Crippen LogP contribution is 2.25. The molecule has 1 fully saturated rings. The maximum Gasteiger partial charge on any atom is 0.309 e. The molecule has 1 amide bonds. The predicted molar refractivity (Wildman–Crippen MR) is 84.9 cm³/mol. The third kappa shape index (κ3) is 2.97. The number of carbonyl (C=O) groups is 2. The fraction of sp³-hybridized carbons (Fsp3) is 0.438. The predicted octanol–water partition coefficient (Wildman–Crippen LogP) is 2.71. The van der Waals surface area contributed by atoms with E-state index in [4.69, 9.17) is 4.74 Å². The molecule has 1 saturated heterocycles. The normalized spacial score (nSPS) is 16.0.